The number of nitrogens with one attached hydrogen (secondary N) is 2. The number of H-pyrrole nitrogens is 1. The van der Waals surface area contributed by atoms with Crippen LogP contribution >= 0.6 is 27.7 Å². The van der Waals surface area contributed by atoms with Gasteiger partial charge in [0.15, 0.2) is 27.8 Å². The predicted molar refractivity (Wildman–Crippen MR) is 157 cm³/mol. The number of aryl methyl sites for hydroxylation is 1. The van der Waals surface area contributed by atoms with Crippen LogP contribution < -0.4 is 15.0 Å². The van der Waals surface area contributed by atoms with Crippen molar-refractivity contribution >= 4 is 50.9 Å². The minimum atomic E-state index is -0.584. The lowest BCUT2D eigenvalue weighted by molar-refractivity contribution is -0.142. The Kier molecular flexibility index (Phi) is 7.85. The fraction of sp³-hybridized carbons (Fsp3) is 0.536. The van der Waals surface area contributed by atoms with Crippen molar-refractivity contribution in [1.82, 2.24) is 29.3 Å². The maximum absolute atomic E-state index is 13.2. The highest BCUT2D eigenvalue weighted by atomic mass is 79.9. The average Bonchev–Trinajstić information content (AvgIpc) is 3.54. The molecule has 0 unspecified atom stereocenters. The van der Waals surface area contributed by atoms with Crippen LogP contribution in [0.15, 0.2) is 33.0 Å². The van der Waals surface area contributed by atoms with E-state index in [1.165, 1.54) is 11.8 Å². The zero-order valence-corrected chi connectivity index (χ0v) is 26.2. The van der Waals surface area contributed by atoms with Crippen molar-refractivity contribution in [3.8, 4) is 11.5 Å². The van der Waals surface area contributed by atoms with Crippen LogP contribution in [-0.2, 0) is 16.1 Å². The number of ether oxygens (including phenoxy) is 3. The molecule has 2 aromatic heterocycles. The lowest BCUT2D eigenvalue weighted by Crippen LogP contribution is -2.60. The van der Waals surface area contributed by atoms with E-state index in [0.717, 1.165) is 28.6 Å². The van der Waals surface area contributed by atoms with Gasteiger partial charge in [-0.2, -0.15) is 0 Å². The van der Waals surface area contributed by atoms with Gasteiger partial charge in [0.1, 0.15) is 17.2 Å². The van der Waals surface area contributed by atoms with Gasteiger partial charge in [0.05, 0.1) is 6.33 Å². The summed E-state index contributed by atoms with van der Waals surface area (Å²) in [5.41, 5.74) is 0.842. The molecule has 12 nitrogen and oxygen atoms in total. The second-order valence-electron chi connectivity index (χ2n) is 11.8. The van der Waals surface area contributed by atoms with Crippen LogP contribution in [0.3, 0.4) is 0 Å². The Hall–Kier alpha value is -3.26. The number of halogens is 1. The highest BCUT2D eigenvalue weighted by molar-refractivity contribution is 9.10. The van der Waals surface area contributed by atoms with E-state index in [2.05, 4.69) is 25.9 Å². The van der Waals surface area contributed by atoms with E-state index in [0.29, 0.717) is 66.3 Å². The largest absolute Gasteiger partial charge is 0.454 e. The molecule has 3 aliphatic heterocycles. The van der Waals surface area contributed by atoms with Gasteiger partial charge in [0, 0.05) is 35.5 Å². The first-order valence-electron chi connectivity index (χ1n) is 14.1. The molecule has 6 rings (SSSR count). The van der Waals surface area contributed by atoms with Crippen LogP contribution in [-0.4, -0.2) is 79.4 Å². The first-order valence-corrected chi connectivity index (χ1v) is 15.7. The molecule has 2 saturated heterocycles. The number of aromatic amines is 1. The minimum Gasteiger partial charge on any atom is -0.454 e. The number of carbonyl (C=O) groups is 2. The van der Waals surface area contributed by atoms with Crippen molar-refractivity contribution in [2.45, 2.75) is 74.7 Å². The van der Waals surface area contributed by atoms with Crippen molar-refractivity contribution in [3.05, 3.63) is 28.4 Å². The smallest absolute Gasteiger partial charge is 0.410 e. The highest BCUT2D eigenvalue weighted by Crippen LogP contribution is 2.42. The van der Waals surface area contributed by atoms with Crippen LogP contribution in [0.2, 0.25) is 0 Å². The minimum absolute atomic E-state index is 0.0209. The number of rotatable bonds is 6. The van der Waals surface area contributed by atoms with Crippen LogP contribution in [0, 0.1) is 11.3 Å². The molecule has 2 N–H and O–H groups in total. The summed E-state index contributed by atoms with van der Waals surface area (Å²) in [5.74, 6) is 1.86. The van der Waals surface area contributed by atoms with Gasteiger partial charge in [0.25, 0.3) is 0 Å². The summed E-state index contributed by atoms with van der Waals surface area (Å²) in [6.45, 7) is 8.32. The van der Waals surface area contributed by atoms with E-state index in [-0.39, 0.29) is 18.2 Å². The Bertz CT molecular complexity index is 1580. The molecule has 2 fully saturated rings. The highest BCUT2D eigenvalue weighted by Gasteiger charge is 2.42. The molecule has 1 atom stereocenters. The zero-order valence-electron chi connectivity index (χ0n) is 23.8. The number of fused-ring (bicyclic) bond motifs is 2. The molecule has 3 aliphatic rings. The molecule has 3 aromatic rings. The monoisotopic (exact) mass is 659 g/mol. The third kappa shape index (κ3) is 5.96. The first kappa shape index (κ1) is 28.8. The summed E-state index contributed by atoms with van der Waals surface area (Å²) in [5, 5.41) is 8.96. The van der Waals surface area contributed by atoms with Gasteiger partial charge in [-0.25, -0.2) is 14.8 Å². The van der Waals surface area contributed by atoms with Crippen LogP contribution in [0.25, 0.3) is 11.2 Å². The fourth-order valence-electron chi connectivity index (χ4n) is 5.41. The maximum atomic E-state index is 13.2. The molecule has 0 spiro atoms. The van der Waals surface area contributed by atoms with Gasteiger partial charge in [0.2, 0.25) is 12.7 Å². The molecule has 14 heteroatoms. The number of piperidine rings is 1. The Morgan fingerprint density at radius 1 is 1.17 bits per heavy atom. The molecule has 0 aliphatic carbocycles. The van der Waals surface area contributed by atoms with Crippen molar-refractivity contribution in [3.63, 3.8) is 0 Å². The quantitative estimate of drug-likeness (QED) is 0.394. The van der Waals surface area contributed by atoms with Gasteiger partial charge in [-0.15, -0.1) is 0 Å². The maximum Gasteiger partial charge on any atom is 0.410 e. The second kappa shape index (κ2) is 11.4. The Balaban J connectivity index is 1.05. The van der Waals surface area contributed by atoms with Gasteiger partial charge in [-0.05, 0) is 80.4 Å². The number of hydrogen-bond acceptors (Lipinski definition) is 9. The summed E-state index contributed by atoms with van der Waals surface area (Å²) in [4.78, 5) is 42.3. The number of likely N-dealkylation sites (tertiary alicyclic amines) is 2. The van der Waals surface area contributed by atoms with Crippen molar-refractivity contribution in [2.75, 3.05) is 26.4 Å². The number of amides is 2. The lowest BCUT2D eigenvalue weighted by Gasteiger charge is -2.43. The molecule has 1 aromatic carbocycles. The molecule has 0 saturated carbocycles. The Morgan fingerprint density at radius 3 is 2.60 bits per heavy atom. The lowest BCUT2D eigenvalue weighted by atomic mass is 9.92. The van der Waals surface area contributed by atoms with E-state index in [9.17, 15) is 9.59 Å². The molecule has 2 amide bonds. The average molecular weight is 661 g/mol. The van der Waals surface area contributed by atoms with E-state index in [1.54, 1.807) is 11.2 Å². The summed E-state index contributed by atoms with van der Waals surface area (Å²) < 4.78 is 19.3. The molecule has 0 bridgehead atoms. The number of aromatic nitrogens is 4. The summed E-state index contributed by atoms with van der Waals surface area (Å²) in [6, 6.07) is 3.38. The first-order chi connectivity index (χ1) is 20.1. The Morgan fingerprint density at radius 2 is 1.90 bits per heavy atom. The van der Waals surface area contributed by atoms with Crippen molar-refractivity contribution < 1.29 is 23.8 Å². The van der Waals surface area contributed by atoms with E-state index >= 15 is 0 Å². The van der Waals surface area contributed by atoms with Crippen molar-refractivity contribution in [1.29, 1.82) is 5.41 Å². The molecule has 5 heterocycles. The number of hydrogen-bond donors (Lipinski definition) is 2. The van der Waals surface area contributed by atoms with Crippen LogP contribution in [0.5, 0.6) is 11.5 Å². The second-order valence-corrected chi connectivity index (χ2v) is 13.7. The number of benzene rings is 1. The topological polar surface area (TPSA) is 139 Å². The van der Waals surface area contributed by atoms with Gasteiger partial charge >= 0.3 is 6.09 Å². The van der Waals surface area contributed by atoms with Crippen molar-refractivity contribution in [2.24, 2.45) is 5.92 Å². The van der Waals surface area contributed by atoms with E-state index < -0.39 is 17.7 Å². The molecular formula is C28H34BrN7O5S. The van der Waals surface area contributed by atoms with Crippen LogP contribution in [0.4, 0.5) is 4.79 Å². The molecule has 0 radical (unpaired) electrons. The fourth-order valence-corrected chi connectivity index (χ4v) is 6.79. The summed E-state index contributed by atoms with van der Waals surface area (Å²) in [7, 11) is 0. The molecule has 42 heavy (non-hydrogen) atoms. The zero-order chi connectivity index (χ0) is 29.6. The Labute approximate surface area is 255 Å². The number of nitrogens with zero attached hydrogens (tertiary/aromatic N) is 5. The normalized spacial score (nSPS) is 18.8. The molecular weight excluding hydrogens is 626 g/mol. The standard InChI is InChI=1S/C28H34BrN7O5S/c1-28(2,3)41-27(38)36-11-7-18(36)25(37)34-8-4-16(5-9-34)6-10-35-14-31-23(30)22-24(35)33-26(32-22)42-21-13-20-19(12-17(21)29)39-15-40-20/h12-14,16,18,30H,4-11,15H2,1-3H3,(H,32,33)/t18-/m0/s1. The summed E-state index contributed by atoms with van der Waals surface area (Å²) in [6.07, 6.45) is 4.66. The van der Waals surface area contributed by atoms with E-state index in [4.69, 9.17) is 24.6 Å². The van der Waals surface area contributed by atoms with Crippen LogP contribution in [0.1, 0.15) is 46.5 Å². The number of imidazole rings is 1. The SMILES string of the molecule is CC(C)(C)OC(=O)N1CC[C@H]1C(=O)N1CCC(CCn2cnc(=N)c3[nH]c(Sc4cc5c(cc4Br)OCO5)nc32)CC1. The molecule has 224 valence electrons. The van der Waals surface area contributed by atoms with E-state index in [1.807, 2.05) is 42.4 Å². The van der Waals surface area contributed by atoms with Gasteiger partial charge < -0.3 is 28.7 Å². The summed E-state index contributed by atoms with van der Waals surface area (Å²) >= 11 is 5.04. The third-order valence-electron chi connectivity index (χ3n) is 7.77. The number of carbonyl (C=O) groups excluding carboxylic acids is 2. The van der Waals surface area contributed by atoms with Gasteiger partial charge in [-0.1, -0.05) is 11.8 Å². The predicted octanol–water partition coefficient (Wildman–Crippen LogP) is 4.52. The third-order valence-corrected chi connectivity index (χ3v) is 9.63. The van der Waals surface area contributed by atoms with Gasteiger partial charge in [-0.3, -0.25) is 15.1 Å².